The normalized spacial score (nSPS) is 12.0. The van der Waals surface area contributed by atoms with Crippen LogP contribution in [0.4, 0.5) is 0 Å². The molecule has 0 aliphatic rings. The molecule has 2 N–H and O–H groups in total. The Bertz CT molecular complexity index is 65.1. The van der Waals surface area contributed by atoms with Gasteiger partial charge in [-0.3, -0.25) is 0 Å². The predicted octanol–water partition coefficient (Wildman–Crippen LogP) is 0.535. The lowest BCUT2D eigenvalue weighted by molar-refractivity contribution is 0.233. The largest absolute Gasteiger partial charge is 0.396 e. The Morgan fingerprint density at radius 2 is 1.75 bits per heavy atom. The summed E-state index contributed by atoms with van der Waals surface area (Å²) in [7, 11) is 0. The first-order valence-electron chi connectivity index (χ1n) is 2.22. The summed E-state index contributed by atoms with van der Waals surface area (Å²) in [5, 5.41) is 16.6. The molecule has 0 atom stereocenters. The van der Waals surface area contributed by atoms with Gasteiger partial charge in [-0.15, -0.1) is 0 Å². The second-order valence-electron chi connectivity index (χ2n) is 1.49. The van der Waals surface area contributed by atoms with Gasteiger partial charge in [0, 0.05) is 13.0 Å². The standard InChI is InChI=1S/C4H8Cl2O2/c5-4(6,3-8)1-2-7/h7-8H,1-3H2. The van der Waals surface area contributed by atoms with Gasteiger partial charge >= 0.3 is 0 Å². The Labute approximate surface area is 58.0 Å². The summed E-state index contributed by atoms with van der Waals surface area (Å²) in [4.78, 5) is 0. The average molecular weight is 159 g/mol. The third-order valence-corrected chi connectivity index (χ3v) is 1.33. The van der Waals surface area contributed by atoms with E-state index in [0.717, 1.165) is 0 Å². The smallest absolute Gasteiger partial charge is 0.143 e. The minimum atomic E-state index is -1.16. The summed E-state index contributed by atoms with van der Waals surface area (Å²) in [5.41, 5.74) is 0. The number of alkyl halides is 2. The molecule has 0 amide bonds. The monoisotopic (exact) mass is 158 g/mol. The van der Waals surface area contributed by atoms with E-state index in [1.54, 1.807) is 0 Å². The highest BCUT2D eigenvalue weighted by atomic mass is 35.5. The van der Waals surface area contributed by atoms with Crippen LogP contribution in [-0.4, -0.2) is 27.8 Å². The molecule has 0 aromatic carbocycles. The maximum absolute atomic E-state index is 8.35. The van der Waals surface area contributed by atoms with Crippen LogP contribution in [0.3, 0.4) is 0 Å². The van der Waals surface area contributed by atoms with Gasteiger partial charge in [-0.2, -0.15) is 0 Å². The van der Waals surface area contributed by atoms with Crippen molar-refractivity contribution in [1.82, 2.24) is 0 Å². The summed E-state index contributed by atoms with van der Waals surface area (Å²) in [6, 6.07) is 0. The topological polar surface area (TPSA) is 40.5 Å². The molecule has 2 nitrogen and oxygen atoms in total. The number of aliphatic hydroxyl groups is 2. The first-order chi connectivity index (χ1) is 3.62. The maximum atomic E-state index is 8.35. The van der Waals surface area contributed by atoms with Crippen molar-refractivity contribution in [3.8, 4) is 0 Å². The first-order valence-corrected chi connectivity index (χ1v) is 2.97. The van der Waals surface area contributed by atoms with E-state index < -0.39 is 4.33 Å². The van der Waals surface area contributed by atoms with Crippen LogP contribution in [0, 0.1) is 0 Å². The fourth-order valence-electron chi connectivity index (χ4n) is 0.243. The van der Waals surface area contributed by atoms with Crippen molar-refractivity contribution >= 4 is 23.2 Å². The van der Waals surface area contributed by atoms with Crippen molar-refractivity contribution in [2.24, 2.45) is 0 Å². The number of hydrogen-bond acceptors (Lipinski definition) is 2. The number of aliphatic hydroxyl groups excluding tert-OH is 2. The Hall–Kier alpha value is 0.500. The summed E-state index contributed by atoms with van der Waals surface area (Å²) in [5.74, 6) is 0. The molecule has 8 heavy (non-hydrogen) atoms. The van der Waals surface area contributed by atoms with Crippen molar-refractivity contribution in [2.45, 2.75) is 10.8 Å². The highest BCUT2D eigenvalue weighted by molar-refractivity contribution is 6.48. The molecule has 0 aliphatic carbocycles. The van der Waals surface area contributed by atoms with Crippen molar-refractivity contribution in [1.29, 1.82) is 0 Å². The van der Waals surface area contributed by atoms with Crippen LogP contribution in [0.1, 0.15) is 6.42 Å². The highest BCUT2D eigenvalue weighted by Gasteiger charge is 2.20. The zero-order valence-corrected chi connectivity index (χ0v) is 5.78. The Balaban J connectivity index is 3.37. The zero-order valence-electron chi connectivity index (χ0n) is 4.27. The number of halogens is 2. The Morgan fingerprint density at radius 3 is 1.88 bits per heavy atom. The maximum Gasteiger partial charge on any atom is 0.143 e. The minimum absolute atomic E-state index is 0.104. The fraction of sp³-hybridized carbons (Fsp3) is 1.00. The summed E-state index contributed by atoms with van der Waals surface area (Å²) in [6.45, 7) is -0.426. The van der Waals surface area contributed by atoms with E-state index in [2.05, 4.69) is 0 Å². The van der Waals surface area contributed by atoms with Gasteiger partial charge in [-0.1, -0.05) is 23.2 Å². The van der Waals surface area contributed by atoms with Gasteiger partial charge in [0.15, 0.2) is 0 Å². The van der Waals surface area contributed by atoms with E-state index >= 15 is 0 Å². The van der Waals surface area contributed by atoms with E-state index in [1.807, 2.05) is 0 Å². The molecule has 0 rings (SSSR count). The Morgan fingerprint density at radius 1 is 1.25 bits per heavy atom. The molecule has 0 aromatic rings. The van der Waals surface area contributed by atoms with Crippen molar-refractivity contribution in [2.75, 3.05) is 13.2 Å². The molecule has 0 saturated heterocycles. The molecule has 0 bridgehead atoms. The van der Waals surface area contributed by atoms with Crippen LogP contribution in [0.25, 0.3) is 0 Å². The number of rotatable bonds is 3. The van der Waals surface area contributed by atoms with Crippen LogP contribution in [-0.2, 0) is 0 Å². The summed E-state index contributed by atoms with van der Waals surface area (Å²) >= 11 is 10.8. The molecule has 4 heteroatoms. The second kappa shape index (κ2) is 3.51. The van der Waals surface area contributed by atoms with Crippen LogP contribution >= 0.6 is 23.2 Å². The lowest BCUT2D eigenvalue weighted by Gasteiger charge is -2.12. The van der Waals surface area contributed by atoms with Crippen molar-refractivity contribution in [3.05, 3.63) is 0 Å². The SMILES string of the molecule is OCCC(Cl)(Cl)CO. The third kappa shape index (κ3) is 3.50. The van der Waals surface area contributed by atoms with Gasteiger partial charge in [0.2, 0.25) is 0 Å². The summed E-state index contributed by atoms with van der Waals surface area (Å²) < 4.78 is -1.16. The molecule has 0 spiro atoms. The van der Waals surface area contributed by atoms with E-state index in [1.165, 1.54) is 0 Å². The van der Waals surface area contributed by atoms with Gasteiger partial charge in [-0.25, -0.2) is 0 Å². The van der Waals surface area contributed by atoms with Gasteiger partial charge in [0.25, 0.3) is 0 Å². The highest BCUT2D eigenvalue weighted by Crippen LogP contribution is 2.23. The fourth-order valence-corrected chi connectivity index (χ4v) is 0.412. The van der Waals surface area contributed by atoms with E-state index in [0.29, 0.717) is 0 Å². The zero-order chi connectivity index (χ0) is 6.62. The van der Waals surface area contributed by atoms with E-state index in [-0.39, 0.29) is 19.6 Å². The molecule has 0 saturated carbocycles. The van der Waals surface area contributed by atoms with Crippen molar-refractivity contribution in [3.63, 3.8) is 0 Å². The van der Waals surface area contributed by atoms with Crippen LogP contribution < -0.4 is 0 Å². The lowest BCUT2D eigenvalue weighted by atomic mass is 10.3. The average Bonchev–Trinajstić information content (AvgIpc) is 1.67. The first kappa shape index (κ1) is 8.50. The molecular formula is C4H8Cl2O2. The van der Waals surface area contributed by atoms with E-state index in [9.17, 15) is 0 Å². The molecule has 50 valence electrons. The molecule has 0 aliphatic heterocycles. The van der Waals surface area contributed by atoms with E-state index in [4.69, 9.17) is 33.4 Å². The lowest BCUT2D eigenvalue weighted by Crippen LogP contribution is -2.19. The van der Waals surface area contributed by atoms with Crippen LogP contribution in [0.2, 0.25) is 0 Å². The van der Waals surface area contributed by atoms with Gasteiger partial charge in [-0.05, 0) is 0 Å². The number of hydrogen-bond donors (Lipinski definition) is 2. The summed E-state index contributed by atoms with van der Waals surface area (Å²) in [6.07, 6.45) is 0.201. The molecule has 0 fully saturated rings. The second-order valence-corrected chi connectivity index (χ2v) is 3.13. The van der Waals surface area contributed by atoms with Gasteiger partial charge in [0.05, 0.1) is 6.61 Å². The molecule has 0 radical (unpaired) electrons. The molecule has 0 unspecified atom stereocenters. The van der Waals surface area contributed by atoms with Crippen molar-refractivity contribution < 1.29 is 10.2 Å². The van der Waals surface area contributed by atoms with Crippen LogP contribution in [0.5, 0.6) is 0 Å². The van der Waals surface area contributed by atoms with Gasteiger partial charge < -0.3 is 10.2 Å². The van der Waals surface area contributed by atoms with Gasteiger partial charge in [0.1, 0.15) is 4.33 Å². The third-order valence-electron chi connectivity index (χ3n) is 0.709. The Kier molecular flexibility index (Phi) is 3.73. The van der Waals surface area contributed by atoms with Crippen LogP contribution in [0.15, 0.2) is 0 Å². The predicted molar refractivity (Wildman–Crippen MR) is 33.2 cm³/mol. The minimum Gasteiger partial charge on any atom is -0.396 e. The molecular weight excluding hydrogens is 151 g/mol. The molecule has 0 heterocycles. The quantitative estimate of drug-likeness (QED) is 0.589. The molecule has 0 aromatic heterocycles.